The second kappa shape index (κ2) is 8.14. The fourth-order valence-corrected chi connectivity index (χ4v) is 1.42. The van der Waals surface area contributed by atoms with Crippen LogP contribution < -0.4 is 4.74 Å². The van der Waals surface area contributed by atoms with E-state index in [2.05, 4.69) is 0 Å². The van der Waals surface area contributed by atoms with E-state index in [1.807, 2.05) is 0 Å². The van der Waals surface area contributed by atoms with Crippen LogP contribution in [0.1, 0.15) is 31.1 Å². The predicted molar refractivity (Wildman–Crippen MR) is 75.0 cm³/mol. The second-order valence-electron chi connectivity index (χ2n) is 4.73. The van der Waals surface area contributed by atoms with Crippen molar-refractivity contribution in [1.29, 1.82) is 0 Å². The second-order valence-corrected chi connectivity index (χ2v) is 4.73. The summed E-state index contributed by atoms with van der Waals surface area (Å²) in [5.74, 6) is -2.34. The van der Waals surface area contributed by atoms with E-state index in [1.54, 1.807) is 26.0 Å². The summed E-state index contributed by atoms with van der Waals surface area (Å²) in [5.41, 5.74) is -0.0214. The van der Waals surface area contributed by atoms with Gasteiger partial charge in [-0.25, -0.2) is 4.79 Å². The Labute approximate surface area is 127 Å². The third-order valence-corrected chi connectivity index (χ3v) is 2.44. The van der Waals surface area contributed by atoms with Gasteiger partial charge < -0.3 is 19.3 Å². The van der Waals surface area contributed by atoms with Crippen molar-refractivity contribution in [3.63, 3.8) is 0 Å². The van der Waals surface area contributed by atoms with Gasteiger partial charge in [-0.1, -0.05) is 26.0 Å². The van der Waals surface area contributed by atoms with Crippen LogP contribution in [0, 0.1) is 5.92 Å². The molecule has 0 fully saturated rings. The molecule has 0 saturated carbocycles. The van der Waals surface area contributed by atoms with Crippen LogP contribution in [0.15, 0.2) is 24.3 Å². The van der Waals surface area contributed by atoms with Crippen LogP contribution in [0.3, 0.4) is 0 Å². The summed E-state index contributed by atoms with van der Waals surface area (Å²) in [5, 5.41) is 9.56. The Morgan fingerprint density at radius 3 is 2.41 bits per heavy atom. The minimum absolute atomic E-state index is 0.0198. The lowest BCUT2D eigenvalue weighted by Gasteiger charge is -2.14. The van der Waals surface area contributed by atoms with E-state index in [0.717, 1.165) is 0 Å². The molecule has 120 valence electrons. The van der Waals surface area contributed by atoms with Gasteiger partial charge in [0.15, 0.2) is 6.61 Å². The molecule has 0 radical (unpaired) electrons. The maximum Gasteiger partial charge on any atom is 0.344 e. The highest BCUT2D eigenvalue weighted by Gasteiger charge is 2.20. The quantitative estimate of drug-likeness (QED) is 0.480. The lowest BCUT2D eigenvalue weighted by Crippen LogP contribution is -2.26. The highest BCUT2D eigenvalue weighted by Crippen LogP contribution is 2.19. The van der Waals surface area contributed by atoms with E-state index in [1.165, 1.54) is 19.1 Å². The summed E-state index contributed by atoms with van der Waals surface area (Å²) >= 11 is 0. The first kappa shape index (κ1) is 17.6. The molecular formula is C15H18O7. The van der Waals surface area contributed by atoms with Crippen LogP contribution in [0.25, 0.3) is 0 Å². The van der Waals surface area contributed by atoms with Gasteiger partial charge in [-0.2, -0.15) is 0 Å². The average molecular weight is 310 g/mol. The van der Waals surface area contributed by atoms with Crippen LogP contribution in [0.5, 0.6) is 5.75 Å². The third kappa shape index (κ3) is 5.53. The lowest BCUT2D eigenvalue weighted by atomic mass is 10.2. The van der Waals surface area contributed by atoms with Crippen molar-refractivity contribution in [2.75, 3.05) is 6.61 Å². The summed E-state index contributed by atoms with van der Waals surface area (Å²) < 4.78 is 14.4. The Balaban J connectivity index is 2.65. The first-order valence-corrected chi connectivity index (χ1v) is 6.64. The maximum absolute atomic E-state index is 11.9. The molecule has 0 spiro atoms. The van der Waals surface area contributed by atoms with Crippen molar-refractivity contribution in [3.05, 3.63) is 29.8 Å². The number of para-hydroxylation sites is 1. The van der Waals surface area contributed by atoms with E-state index in [4.69, 9.17) is 14.2 Å². The maximum atomic E-state index is 11.9. The number of hydrogen-bond acceptors (Lipinski definition) is 7. The summed E-state index contributed by atoms with van der Waals surface area (Å²) in [6.07, 6.45) is -1.61. The number of aliphatic hydroxyl groups excluding tert-OH is 1. The zero-order valence-electron chi connectivity index (χ0n) is 12.6. The molecule has 22 heavy (non-hydrogen) atoms. The van der Waals surface area contributed by atoms with Gasteiger partial charge in [0.1, 0.15) is 11.3 Å². The number of esters is 3. The molecule has 1 unspecified atom stereocenters. The Hall–Kier alpha value is -2.41. The van der Waals surface area contributed by atoms with Crippen molar-refractivity contribution in [1.82, 2.24) is 0 Å². The minimum atomic E-state index is -1.61. The van der Waals surface area contributed by atoms with Crippen molar-refractivity contribution in [2.24, 2.45) is 5.92 Å². The van der Waals surface area contributed by atoms with Crippen LogP contribution in [-0.4, -0.2) is 35.9 Å². The molecule has 0 aliphatic rings. The highest BCUT2D eigenvalue weighted by atomic mass is 16.7. The normalized spacial score (nSPS) is 11.7. The summed E-state index contributed by atoms with van der Waals surface area (Å²) in [7, 11) is 0. The summed E-state index contributed by atoms with van der Waals surface area (Å²) in [6, 6.07) is 5.93. The molecule has 7 heteroatoms. The Kier molecular flexibility index (Phi) is 6.52. The van der Waals surface area contributed by atoms with Gasteiger partial charge in [-0.3, -0.25) is 9.59 Å². The fraction of sp³-hybridized carbons (Fsp3) is 0.400. The number of carbonyl (C=O) groups excluding carboxylic acids is 3. The van der Waals surface area contributed by atoms with Crippen molar-refractivity contribution in [3.8, 4) is 5.75 Å². The first-order valence-electron chi connectivity index (χ1n) is 6.64. The van der Waals surface area contributed by atoms with Gasteiger partial charge in [0.05, 0.1) is 5.92 Å². The molecule has 0 saturated heterocycles. The topological polar surface area (TPSA) is 99.1 Å². The average Bonchev–Trinajstić information content (AvgIpc) is 2.44. The number of ether oxygens (including phenoxy) is 3. The van der Waals surface area contributed by atoms with Crippen LogP contribution in [0.4, 0.5) is 0 Å². The number of rotatable bonds is 6. The molecule has 7 nitrogen and oxygen atoms in total. The molecule has 0 amide bonds. The number of carbonyl (C=O) groups is 3. The predicted octanol–water partition coefficient (Wildman–Crippen LogP) is 1.29. The Morgan fingerprint density at radius 2 is 1.82 bits per heavy atom. The molecule has 0 aliphatic heterocycles. The van der Waals surface area contributed by atoms with Crippen LogP contribution in [0.2, 0.25) is 0 Å². The van der Waals surface area contributed by atoms with Gasteiger partial charge in [0.25, 0.3) is 0 Å². The van der Waals surface area contributed by atoms with Crippen molar-refractivity contribution in [2.45, 2.75) is 27.1 Å². The zero-order chi connectivity index (χ0) is 16.7. The fourth-order valence-electron chi connectivity index (χ4n) is 1.42. The molecule has 0 aliphatic carbocycles. The van der Waals surface area contributed by atoms with E-state index in [0.29, 0.717) is 0 Å². The number of hydrogen-bond donors (Lipinski definition) is 1. The van der Waals surface area contributed by atoms with E-state index in [9.17, 15) is 19.5 Å². The molecule has 1 aromatic carbocycles. The molecule has 0 bridgehead atoms. The first-order chi connectivity index (χ1) is 10.3. The molecule has 1 rings (SSSR count). The molecule has 0 aromatic heterocycles. The monoisotopic (exact) mass is 310 g/mol. The van der Waals surface area contributed by atoms with Crippen LogP contribution in [-0.2, 0) is 19.1 Å². The standard InChI is InChI=1S/C15H18O7/c1-9(2)14(18)20-8-13(17)22-15(19)11-6-4-5-7-12(11)21-10(3)16/h4-7,9,13,17H,8H2,1-3H3. The third-order valence-electron chi connectivity index (χ3n) is 2.44. The number of aliphatic hydroxyl groups is 1. The SMILES string of the molecule is CC(=O)Oc1ccccc1C(=O)OC(O)COC(=O)C(C)C. The summed E-state index contributed by atoms with van der Waals surface area (Å²) in [6.45, 7) is 3.99. The van der Waals surface area contributed by atoms with E-state index in [-0.39, 0.29) is 17.2 Å². The molecule has 1 aromatic rings. The highest BCUT2D eigenvalue weighted by molar-refractivity contribution is 5.93. The van der Waals surface area contributed by atoms with Gasteiger partial charge in [0, 0.05) is 6.92 Å². The van der Waals surface area contributed by atoms with Gasteiger partial charge in [-0.05, 0) is 12.1 Å². The lowest BCUT2D eigenvalue weighted by molar-refractivity contribution is -0.160. The molecular weight excluding hydrogens is 292 g/mol. The number of benzene rings is 1. The van der Waals surface area contributed by atoms with Crippen LogP contribution >= 0.6 is 0 Å². The van der Waals surface area contributed by atoms with Crippen molar-refractivity contribution < 1.29 is 33.7 Å². The van der Waals surface area contributed by atoms with Gasteiger partial charge >= 0.3 is 17.9 Å². The molecule has 0 heterocycles. The Bertz CT molecular complexity index is 551. The largest absolute Gasteiger partial charge is 0.459 e. The van der Waals surface area contributed by atoms with Gasteiger partial charge in [-0.15, -0.1) is 0 Å². The minimum Gasteiger partial charge on any atom is -0.459 e. The van der Waals surface area contributed by atoms with E-state index < -0.39 is 30.8 Å². The zero-order valence-corrected chi connectivity index (χ0v) is 12.6. The molecule has 1 atom stereocenters. The molecule has 1 N–H and O–H groups in total. The van der Waals surface area contributed by atoms with Crippen molar-refractivity contribution >= 4 is 17.9 Å². The van der Waals surface area contributed by atoms with Gasteiger partial charge in [0.2, 0.25) is 6.29 Å². The van der Waals surface area contributed by atoms with E-state index >= 15 is 0 Å². The summed E-state index contributed by atoms with van der Waals surface area (Å²) in [4.78, 5) is 34.1. The Morgan fingerprint density at radius 1 is 1.18 bits per heavy atom. The smallest absolute Gasteiger partial charge is 0.344 e.